The third-order valence-electron chi connectivity index (χ3n) is 4.10. The Kier molecular flexibility index (Phi) is 5.22. The smallest absolute Gasteiger partial charge is 0.243 e. The van der Waals surface area contributed by atoms with Crippen molar-refractivity contribution >= 4 is 12.4 Å². The first-order chi connectivity index (χ1) is 8.75. The van der Waals surface area contributed by atoms with Crippen LogP contribution in [0.5, 0.6) is 0 Å². The van der Waals surface area contributed by atoms with Crippen molar-refractivity contribution < 1.29 is 4.52 Å². The van der Waals surface area contributed by atoms with Crippen LogP contribution in [0.1, 0.15) is 58.8 Å². The predicted octanol–water partition coefficient (Wildman–Crippen LogP) is 2.52. The van der Waals surface area contributed by atoms with Gasteiger partial charge >= 0.3 is 0 Å². The molecule has 1 aromatic rings. The molecule has 2 N–H and O–H groups in total. The maximum Gasteiger partial charge on any atom is 0.243 e. The van der Waals surface area contributed by atoms with Gasteiger partial charge in [0.15, 0.2) is 5.82 Å². The summed E-state index contributed by atoms with van der Waals surface area (Å²) in [7, 11) is 0. The Bertz CT molecular complexity index is 443. The van der Waals surface area contributed by atoms with Crippen molar-refractivity contribution in [3.8, 4) is 0 Å². The van der Waals surface area contributed by atoms with E-state index in [2.05, 4.69) is 49.7 Å². The first-order valence-corrected chi connectivity index (χ1v) is 7.03. The van der Waals surface area contributed by atoms with Crippen LogP contribution in [0.2, 0.25) is 0 Å². The lowest BCUT2D eigenvalue weighted by molar-refractivity contribution is 0.188. The molecule has 2 rings (SSSR count). The Balaban J connectivity index is 0.00000200. The maximum atomic E-state index is 5.85. The monoisotopic (exact) mass is 302 g/mol. The Hall–Kier alpha value is -0.650. The molecule has 1 saturated heterocycles. The summed E-state index contributed by atoms with van der Waals surface area (Å²) in [6, 6.07) is 0.164. The summed E-state index contributed by atoms with van der Waals surface area (Å²) < 4.78 is 5.43. The number of halogens is 1. The van der Waals surface area contributed by atoms with Gasteiger partial charge < -0.3 is 10.3 Å². The summed E-state index contributed by atoms with van der Waals surface area (Å²) in [5, 5.41) is 4.10. The molecule has 2 atom stereocenters. The first-order valence-electron chi connectivity index (χ1n) is 7.03. The SMILES string of the molecule is CC(c1nc(C(C)(C)C)no1)N1CCC(C)(CN)C1.Cl. The molecule has 2 unspecified atom stereocenters. The highest BCUT2D eigenvalue weighted by molar-refractivity contribution is 5.85. The minimum atomic E-state index is -0.0712. The van der Waals surface area contributed by atoms with Crippen LogP contribution in [0, 0.1) is 5.41 Å². The quantitative estimate of drug-likeness (QED) is 0.929. The molecule has 1 aliphatic heterocycles. The van der Waals surface area contributed by atoms with E-state index in [1.54, 1.807) is 0 Å². The van der Waals surface area contributed by atoms with Gasteiger partial charge in [0.25, 0.3) is 0 Å². The largest absolute Gasteiger partial charge is 0.338 e. The lowest BCUT2D eigenvalue weighted by Crippen LogP contribution is -2.32. The fraction of sp³-hybridized carbons (Fsp3) is 0.857. The van der Waals surface area contributed by atoms with E-state index in [0.717, 1.165) is 31.9 Å². The van der Waals surface area contributed by atoms with Crippen molar-refractivity contribution in [2.24, 2.45) is 11.1 Å². The molecule has 1 fully saturated rings. The fourth-order valence-corrected chi connectivity index (χ4v) is 2.42. The average molecular weight is 303 g/mol. The second-order valence-electron chi connectivity index (χ2n) is 7.12. The second kappa shape index (κ2) is 6.00. The van der Waals surface area contributed by atoms with Crippen LogP contribution in [0.25, 0.3) is 0 Å². The van der Waals surface area contributed by atoms with Gasteiger partial charge in [0.1, 0.15) is 0 Å². The molecule has 5 nitrogen and oxygen atoms in total. The first kappa shape index (κ1) is 17.4. The van der Waals surface area contributed by atoms with Crippen LogP contribution in [0.4, 0.5) is 0 Å². The summed E-state index contributed by atoms with van der Waals surface area (Å²) in [5.74, 6) is 1.49. The van der Waals surface area contributed by atoms with Crippen LogP contribution in [0.15, 0.2) is 4.52 Å². The molecule has 2 heterocycles. The summed E-state index contributed by atoms with van der Waals surface area (Å²) >= 11 is 0. The maximum absolute atomic E-state index is 5.85. The van der Waals surface area contributed by atoms with Gasteiger partial charge in [0.2, 0.25) is 5.89 Å². The van der Waals surface area contributed by atoms with E-state index in [-0.39, 0.29) is 29.3 Å². The highest BCUT2D eigenvalue weighted by Gasteiger charge is 2.36. The van der Waals surface area contributed by atoms with Crippen molar-refractivity contribution in [1.29, 1.82) is 0 Å². The van der Waals surface area contributed by atoms with E-state index < -0.39 is 0 Å². The molecule has 6 heteroatoms. The Morgan fingerprint density at radius 1 is 1.45 bits per heavy atom. The van der Waals surface area contributed by atoms with Crippen molar-refractivity contribution in [1.82, 2.24) is 15.0 Å². The van der Waals surface area contributed by atoms with Gasteiger partial charge in [-0.3, -0.25) is 4.90 Å². The molecule has 0 aliphatic carbocycles. The zero-order valence-electron chi connectivity index (χ0n) is 13.1. The van der Waals surface area contributed by atoms with Crippen LogP contribution < -0.4 is 5.73 Å². The molecular weight excluding hydrogens is 276 g/mol. The van der Waals surface area contributed by atoms with Gasteiger partial charge in [-0.15, -0.1) is 12.4 Å². The van der Waals surface area contributed by atoms with Gasteiger partial charge in [-0.1, -0.05) is 32.9 Å². The van der Waals surface area contributed by atoms with Crippen molar-refractivity contribution in [3.05, 3.63) is 11.7 Å². The molecule has 1 aromatic heterocycles. The van der Waals surface area contributed by atoms with Gasteiger partial charge in [-0.25, -0.2) is 0 Å². The van der Waals surface area contributed by atoms with Gasteiger partial charge in [0.05, 0.1) is 6.04 Å². The van der Waals surface area contributed by atoms with Crippen LogP contribution in [-0.2, 0) is 5.41 Å². The average Bonchev–Trinajstić information content (AvgIpc) is 2.94. The molecule has 0 radical (unpaired) electrons. The van der Waals surface area contributed by atoms with Gasteiger partial charge in [-0.2, -0.15) is 4.98 Å². The highest BCUT2D eigenvalue weighted by Crippen LogP contribution is 2.34. The Morgan fingerprint density at radius 2 is 2.10 bits per heavy atom. The zero-order valence-corrected chi connectivity index (χ0v) is 14.0. The number of aromatic nitrogens is 2. The van der Waals surface area contributed by atoms with Gasteiger partial charge in [-0.05, 0) is 31.8 Å². The summed E-state index contributed by atoms with van der Waals surface area (Å²) in [6.45, 7) is 13.4. The van der Waals surface area contributed by atoms with E-state index in [1.165, 1.54) is 0 Å². The van der Waals surface area contributed by atoms with Crippen LogP contribution in [0.3, 0.4) is 0 Å². The number of nitrogens with zero attached hydrogens (tertiary/aromatic N) is 3. The zero-order chi connectivity index (χ0) is 14.3. The third-order valence-corrected chi connectivity index (χ3v) is 4.10. The molecule has 20 heavy (non-hydrogen) atoms. The van der Waals surface area contributed by atoms with Crippen LogP contribution in [-0.4, -0.2) is 34.7 Å². The van der Waals surface area contributed by atoms with E-state index in [1.807, 2.05) is 0 Å². The predicted molar refractivity (Wildman–Crippen MR) is 82.0 cm³/mol. The lowest BCUT2D eigenvalue weighted by atomic mass is 9.90. The van der Waals surface area contributed by atoms with E-state index in [9.17, 15) is 0 Å². The topological polar surface area (TPSA) is 68.2 Å². The number of likely N-dealkylation sites (tertiary alicyclic amines) is 1. The van der Waals surface area contributed by atoms with Crippen LogP contribution >= 0.6 is 12.4 Å². The minimum Gasteiger partial charge on any atom is -0.338 e. The van der Waals surface area contributed by atoms with Crippen molar-refractivity contribution in [2.75, 3.05) is 19.6 Å². The number of rotatable bonds is 3. The summed E-state index contributed by atoms with van der Waals surface area (Å²) in [6.07, 6.45) is 1.13. The van der Waals surface area contributed by atoms with E-state index >= 15 is 0 Å². The molecular formula is C14H27ClN4O. The summed E-state index contributed by atoms with van der Waals surface area (Å²) in [5.41, 5.74) is 6.00. The standard InChI is InChI=1S/C14H26N4O.ClH/c1-10(18-7-6-14(5,8-15)9-18)11-16-12(17-19-11)13(2,3)4;/h10H,6-9,15H2,1-5H3;1H. The third kappa shape index (κ3) is 3.51. The normalized spacial score (nSPS) is 25.5. The van der Waals surface area contributed by atoms with Crippen molar-refractivity contribution in [2.45, 2.75) is 52.5 Å². The highest BCUT2D eigenvalue weighted by atomic mass is 35.5. The number of hydrogen-bond donors (Lipinski definition) is 1. The van der Waals surface area contributed by atoms with Crippen molar-refractivity contribution in [3.63, 3.8) is 0 Å². The Morgan fingerprint density at radius 3 is 2.55 bits per heavy atom. The second-order valence-corrected chi connectivity index (χ2v) is 7.12. The number of nitrogens with two attached hydrogens (primary N) is 1. The van der Waals surface area contributed by atoms with Gasteiger partial charge in [0, 0.05) is 12.0 Å². The summed E-state index contributed by atoms with van der Waals surface area (Å²) in [4.78, 5) is 6.93. The lowest BCUT2D eigenvalue weighted by Gasteiger charge is -2.25. The molecule has 0 spiro atoms. The molecule has 0 amide bonds. The molecule has 0 aromatic carbocycles. The van der Waals surface area contributed by atoms with E-state index in [4.69, 9.17) is 10.3 Å². The fourth-order valence-electron chi connectivity index (χ4n) is 2.42. The molecule has 116 valence electrons. The minimum absolute atomic E-state index is 0. The molecule has 1 aliphatic rings. The van der Waals surface area contributed by atoms with E-state index in [0.29, 0.717) is 5.89 Å². The molecule has 0 bridgehead atoms. The number of hydrogen-bond acceptors (Lipinski definition) is 5. The molecule has 0 saturated carbocycles. The Labute approximate surface area is 127 Å².